The standard InChI is InChI=1S/C17H26N4O3/c1-11-14(18)8-12(9-19-11)15(22)20-10-13-6-5-7-21(13)16(23)24-17(2,3)4/h8-9,13H,5-7,10,18H2,1-4H3,(H,20,22). The zero-order chi connectivity index (χ0) is 17.9. The maximum absolute atomic E-state index is 12.2. The highest BCUT2D eigenvalue weighted by molar-refractivity contribution is 5.94. The van der Waals surface area contributed by atoms with E-state index in [4.69, 9.17) is 10.5 Å². The molecule has 0 saturated carbocycles. The van der Waals surface area contributed by atoms with E-state index in [1.165, 1.54) is 6.20 Å². The third-order valence-electron chi connectivity index (χ3n) is 3.89. The van der Waals surface area contributed by atoms with Gasteiger partial charge in [-0.15, -0.1) is 0 Å². The molecule has 0 aliphatic carbocycles. The Morgan fingerprint density at radius 2 is 2.17 bits per heavy atom. The topological polar surface area (TPSA) is 97.5 Å². The van der Waals surface area contributed by atoms with Gasteiger partial charge in [0, 0.05) is 19.3 Å². The van der Waals surface area contributed by atoms with E-state index in [9.17, 15) is 9.59 Å². The van der Waals surface area contributed by atoms with Gasteiger partial charge in [0.05, 0.1) is 23.0 Å². The maximum Gasteiger partial charge on any atom is 0.410 e. The molecule has 1 aromatic heterocycles. The van der Waals surface area contributed by atoms with Gasteiger partial charge in [0.15, 0.2) is 0 Å². The monoisotopic (exact) mass is 334 g/mol. The van der Waals surface area contributed by atoms with Crippen molar-refractivity contribution in [1.29, 1.82) is 0 Å². The lowest BCUT2D eigenvalue weighted by Crippen LogP contribution is -2.45. The van der Waals surface area contributed by atoms with Crippen LogP contribution in [0.15, 0.2) is 12.3 Å². The van der Waals surface area contributed by atoms with Crippen LogP contribution in [0.3, 0.4) is 0 Å². The molecule has 3 N–H and O–H groups in total. The molecule has 0 aromatic carbocycles. The minimum atomic E-state index is -0.529. The molecule has 7 nitrogen and oxygen atoms in total. The van der Waals surface area contributed by atoms with Gasteiger partial charge in [-0.05, 0) is 46.6 Å². The molecule has 1 aliphatic rings. The quantitative estimate of drug-likeness (QED) is 0.882. The number of rotatable bonds is 3. The van der Waals surface area contributed by atoms with E-state index in [0.29, 0.717) is 30.0 Å². The minimum Gasteiger partial charge on any atom is -0.444 e. The van der Waals surface area contributed by atoms with Crippen molar-refractivity contribution < 1.29 is 14.3 Å². The predicted octanol–water partition coefficient (Wildman–Crippen LogP) is 2.10. The number of amides is 2. The number of ether oxygens (including phenoxy) is 1. The van der Waals surface area contributed by atoms with Gasteiger partial charge in [0.25, 0.3) is 5.91 Å². The summed E-state index contributed by atoms with van der Waals surface area (Å²) in [5, 5.41) is 2.85. The minimum absolute atomic E-state index is 0.0560. The first-order chi connectivity index (χ1) is 11.2. The van der Waals surface area contributed by atoms with Gasteiger partial charge < -0.3 is 20.7 Å². The average Bonchev–Trinajstić information content (AvgIpc) is 2.94. The van der Waals surface area contributed by atoms with Crippen molar-refractivity contribution in [3.05, 3.63) is 23.5 Å². The Kier molecular flexibility index (Phi) is 5.31. The highest BCUT2D eigenvalue weighted by Crippen LogP contribution is 2.20. The number of nitrogens with zero attached hydrogens (tertiary/aromatic N) is 2. The van der Waals surface area contributed by atoms with Gasteiger partial charge in [0.2, 0.25) is 0 Å². The predicted molar refractivity (Wildman–Crippen MR) is 91.7 cm³/mol. The summed E-state index contributed by atoms with van der Waals surface area (Å²) in [5.74, 6) is -0.245. The second kappa shape index (κ2) is 7.07. The van der Waals surface area contributed by atoms with Crippen molar-refractivity contribution in [1.82, 2.24) is 15.2 Å². The van der Waals surface area contributed by atoms with E-state index in [0.717, 1.165) is 12.8 Å². The summed E-state index contributed by atoms with van der Waals surface area (Å²) in [7, 11) is 0. The molecular weight excluding hydrogens is 308 g/mol. The molecule has 2 amide bonds. The molecule has 7 heteroatoms. The Labute approximate surface area is 142 Å². The first-order valence-electron chi connectivity index (χ1n) is 8.17. The highest BCUT2D eigenvalue weighted by Gasteiger charge is 2.32. The fraction of sp³-hybridized carbons (Fsp3) is 0.588. The van der Waals surface area contributed by atoms with Crippen molar-refractivity contribution in [3.8, 4) is 0 Å². The number of hydrogen-bond donors (Lipinski definition) is 2. The number of anilines is 1. The third kappa shape index (κ3) is 4.59. The van der Waals surface area contributed by atoms with E-state index < -0.39 is 5.60 Å². The van der Waals surface area contributed by atoms with Crippen LogP contribution in [-0.2, 0) is 4.74 Å². The van der Waals surface area contributed by atoms with E-state index in [1.807, 2.05) is 20.8 Å². The molecule has 0 spiro atoms. The number of aromatic nitrogens is 1. The lowest BCUT2D eigenvalue weighted by Gasteiger charge is -2.28. The zero-order valence-corrected chi connectivity index (χ0v) is 14.8. The van der Waals surface area contributed by atoms with Crippen LogP contribution in [0.4, 0.5) is 10.5 Å². The fourth-order valence-corrected chi connectivity index (χ4v) is 2.60. The van der Waals surface area contributed by atoms with Crippen molar-refractivity contribution >= 4 is 17.7 Å². The van der Waals surface area contributed by atoms with Gasteiger partial charge in [-0.3, -0.25) is 9.78 Å². The van der Waals surface area contributed by atoms with Crippen molar-refractivity contribution in [2.75, 3.05) is 18.8 Å². The van der Waals surface area contributed by atoms with Crippen LogP contribution in [0.1, 0.15) is 49.7 Å². The molecule has 2 rings (SSSR count). The van der Waals surface area contributed by atoms with Crippen LogP contribution in [0.25, 0.3) is 0 Å². The molecule has 0 radical (unpaired) electrons. The van der Waals surface area contributed by atoms with Crippen LogP contribution >= 0.6 is 0 Å². The SMILES string of the molecule is Cc1ncc(C(=O)NCC2CCCN2C(=O)OC(C)(C)C)cc1N. The number of nitrogens with one attached hydrogen (secondary N) is 1. The first kappa shape index (κ1) is 18.0. The Hall–Kier alpha value is -2.31. The summed E-state index contributed by atoms with van der Waals surface area (Å²) in [6.45, 7) is 8.33. The number of aryl methyl sites for hydroxylation is 1. The maximum atomic E-state index is 12.2. The number of nitrogens with two attached hydrogens (primary N) is 1. The second-order valence-electron chi connectivity index (χ2n) is 7.08. The van der Waals surface area contributed by atoms with Crippen LogP contribution < -0.4 is 11.1 Å². The van der Waals surface area contributed by atoms with Gasteiger partial charge >= 0.3 is 6.09 Å². The smallest absolute Gasteiger partial charge is 0.410 e. The molecule has 132 valence electrons. The number of likely N-dealkylation sites (tertiary alicyclic amines) is 1. The number of pyridine rings is 1. The van der Waals surface area contributed by atoms with Crippen LogP contribution in [0.5, 0.6) is 0 Å². The Morgan fingerprint density at radius 1 is 1.46 bits per heavy atom. The molecule has 1 atom stereocenters. The van der Waals surface area contributed by atoms with Gasteiger partial charge in [-0.2, -0.15) is 0 Å². The molecular formula is C17H26N4O3. The van der Waals surface area contributed by atoms with E-state index in [2.05, 4.69) is 10.3 Å². The number of hydrogen-bond acceptors (Lipinski definition) is 5. The Morgan fingerprint density at radius 3 is 2.79 bits per heavy atom. The van der Waals surface area contributed by atoms with Crippen molar-refractivity contribution in [2.45, 2.75) is 52.2 Å². The molecule has 2 heterocycles. The van der Waals surface area contributed by atoms with Crippen LogP contribution in [-0.4, -0.2) is 46.6 Å². The van der Waals surface area contributed by atoms with E-state index >= 15 is 0 Å². The first-order valence-corrected chi connectivity index (χ1v) is 8.17. The summed E-state index contributed by atoms with van der Waals surface area (Å²) < 4.78 is 5.42. The van der Waals surface area contributed by atoms with E-state index in [-0.39, 0.29) is 18.0 Å². The van der Waals surface area contributed by atoms with Crippen molar-refractivity contribution in [3.63, 3.8) is 0 Å². The zero-order valence-electron chi connectivity index (χ0n) is 14.8. The molecule has 1 aliphatic heterocycles. The number of carbonyl (C=O) groups excluding carboxylic acids is 2. The second-order valence-corrected chi connectivity index (χ2v) is 7.08. The molecule has 1 aromatic rings. The van der Waals surface area contributed by atoms with Gasteiger partial charge in [-0.25, -0.2) is 4.79 Å². The fourth-order valence-electron chi connectivity index (χ4n) is 2.60. The lowest BCUT2D eigenvalue weighted by atomic mass is 10.2. The summed E-state index contributed by atoms with van der Waals surface area (Å²) in [6.07, 6.45) is 2.91. The summed E-state index contributed by atoms with van der Waals surface area (Å²) in [5.41, 5.74) is 6.85. The highest BCUT2D eigenvalue weighted by atomic mass is 16.6. The number of nitrogen functional groups attached to an aromatic ring is 1. The Bertz CT molecular complexity index is 625. The molecule has 0 bridgehead atoms. The van der Waals surface area contributed by atoms with Crippen molar-refractivity contribution in [2.24, 2.45) is 0 Å². The van der Waals surface area contributed by atoms with Gasteiger partial charge in [-0.1, -0.05) is 0 Å². The molecule has 24 heavy (non-hydrogen) atoms. The van der Waals surface area contributed by atoms with Crippen LogP contribution in [0.2, 0.25) is 0 Å². The summed E-state index contributed by atoms with van der Waals surface area (Å²) in [6, 6.07) is 1.55. The largest absolute Gasteiger partial charge is 0.444 e. The molecule has 1 unspecified atom stereocenters. The van der Waals surface area contributed by atoms with E-state index in [1.54, 1.807) is 17.9 Å². The summed E-state index contributed by atoms with van der Waals surface area (Å²) in [4.78, 5) is 30.2. The molecule has 1 saturated heterocycles. The van der Waals surface area contributed by atoms with Crippen LogP contribution in [0, 0.1) is 6.92 Å². The molecule has 1 fully saturated rings. The summed E-state index contributed by atoms with van der Waals surface area (Å²) >= 11 is 0. The normalized spacial score (nSPS) is 17.7. The van der Waals surface area contributed by atoms with Gasteiger partial charge in [0.1, 0.15) is 5.60 Å². The average molecular weight is 334 g/mol. The number of carbonyl (C=O) groups is 2. The lowest BCUT2D eigenvalue weighted by molar-refractivity contribution is 0.0225. The third-order valence-corrected chi connectivity index (χ3v) is 3.89. The Balaban J connectivity index is 1.93.